The minimum Gasteiger partial charge on any atom is -0.298 e. The molecule has 0 aliphatic carbocycles. The molecule has 1 aromatic heterocycles. The Morgan fingerprint density at radius 3 is 3.12 bits per heavy atom. The van der Waals surface area contributed by atoms with E-state index in [9.17, 15) is 0 Å². The molecule has 0 N–H and O–H groups in total. The quantitative estimate of drug-likeness (QED) is 0.823. The molecule has 2 unspecified atom stereocenters. The monoisotopic (exact) mass is 272 g/mol. The van der Waals surface area contributed by atoms with Gasteiger partial charge < -0.3 is 0 Å². The highest BCUT2D eigenvalue weighted by molar-refractivity contribution is 7.10. The van der Waals surface area contributed by atoms with Gasteiger partial charge in [-0.1, -0.05) is 16.1 Å². The topological polar surface area (TPSA) is 32.3 Å². The number of hydrogen-bond donors (Lipinski definition) is 0. The number of hydrogen-bond acceptors (Lipinski definition) is 5. The lowest BCUT2D eigenvalue weighted by molar-refractivity contribution is 0.0532. The van der Waals surface area contributed by atoms with Crippen LogP contribution in [0.2, 0.25) is 4.34 Å². The van der Waals surface area contributed by atoms with Crippen molar-refractivity contribution in [3.05, 3.63) is 10.0 Å². The molecule has 2 atom stereocenters. The van der Waals surface area contributed by atoms with Crippen molar-refractivity contribution >= 4 is 23.1 Å². The van der Waals surface area contributed by atoms with Gasteiger partial charge in [-0.05, 0) is 26.3 Å². The predicted octanol–water partition coefficient (Wildman–Crippen LogP) is 1.86. The maximum absolute atomic E-state index is 6.07. The fraction of sp³-hybridized carbons (Fsp3) is 0.818. The Balaban J connectivity index is 1.69. The van der Waals surface area contributed by atoms with Gasteiger partial charge in [0.15, 0.2) is 0 Å². The summed E-state index contributed by atoms with van der Waals surface area (Å²) < 4.78 is 4.64. The van der Waals surface area contributed by atoms with Gasteiger partial charge in [0.2, 0.25) is 0 Å². The molecule has 2 saturated heterocycles. The van der Waals surface area contributed by atoms with Crippen molar-refractivity contribution in [2.24, 2.45) is 0 Å². The molecule has 0 spiro atoms. The van der Waals surface area contributed by atoms with Crippen molar-refractivity contribution in [3.63, 3.8) is 0 Å². The van der Waals surface area contributed by atoms with Crippen LogP contribution in [0.4, 0.5) is 0 Å². The third-order valence-corrected chi connectivity index (χ3v) is 4.91. The molecule has 0 bridgehead atoms. The van der Waals surface area contributed by atoms with E-state index in [4.69, 9.17) is 11.6 Å². The summed E-state index contributed by atoms with van der Waals surface area (Å²) >= 11 is 7.36. The van der Waals surface area contributed by atoms with Crippen LogP contribution in [0.5, 0.6) is 0 Å². The van der Waals surface area contributed by atoms with Crippen molar-refractivity contribution in [1.82, 2.24) is 19.4 Å². The normalized spacial score (nSPS) is 30.7. The highest BCUT2D eigenvalue weighted by atomic mass is 35.5. The minimum absolute atomic E-state index is 0.585. The van der Waals surface area contributed by atoms with Crippen molar-refractivity contribution < 1.29 is 0 Å². The third kappa shape index (κ3) is 2.34. The van der Waals surface area contributed by atoms with Crippen molar-refractivity contribution in [1.29, 1.82) is 0 Å². The largest absolute Gasteiger partial charge is 0.298 e. The molecule has 0 aromatic carbocycles. The molecule has 0 amide bonds. The van der Waals surface area contributed by atoms with Crippen LogP contribution in [-0.2, 0) is 6.54 Å². The summed E-state index contributed by atoms with van der Waals surface area (Å²) in [6.45, 7) is 6.75. The summed E-state index contributed by atoms with van der Waals surface area (Å²) in [5.41, 5.74) is 0.940. The van der Waals surface area contributed by atoms with Crippen LogP contribution in [0, 0.1) is 0 Å². The van der Waals surface area contributed by atoms with Crippen LogP contribution in [0.25, 0.3) is 0 Å². The zero-order valence-corrected chi connectivity index (χ0v) is 11.5. The second-order valence-electron chi connectivity index (χ2n) is 5.06. The average molecular weight is 273 g/mol. The first-order valence-electron chi connectivity index (χ1n) is 6.19. The molecule has 6 heteroatoms. The number of aromatic nitrogens is 2. The molecule has 0 radical (unpaired) electrons. The zero-order valence-electron chi connectivity index (χ0n) is 9.97. The van der Waals surface area contributed by atoms with Crippen LogP contribution in [0.3, 0.4) is 0 Å². The molecule has 0 saturated carbocycles. The van der Waals surface area contributed by atoms with Crippen LogP contribution in [0.1, 0.15) is 25.5 Å². The lowest BCUT2D eigenvalue weighted by Gasteiger charge is -2.42. The summed E-state index contributed by atoms with van der Waals surface area (Å²) in [6.07, 6.45) is 2.69. The van der Waals surface area contributed by atoms with Crippen molar-refractivity contribution in [2.45, 2.75) is 38.4 Å². The second kappa shape index (κ2) is 4.80. The van der Waals surface area contributed by atoms with E-state index in [0.29, 0.717) is 6.04 Å². The summed E-state index contributed by atoms with van der Waals surface area (Å²) in [5, 5.41) is 4.11. The molecule has 2 fully saturated rings. The van der Waals surface area contributed by atoms with Gasteiger partial charge in [0.25, 0.3) is 0 Å². The summed E-state index contributed by atoms with van der Waals surface area (Å²) in [4.78, 5) is 5.12. The fourth-order valence-electron chi connectivity index (χ4n) is 2.95. The number of fused-ring (bicyclic) bond motifs is 1. The first-order valence-corrected chi connectivity index (χ1v) is 7.34. The SMILES string of the molecule is CC1CN2CCCC2CN1Cc1nnsc1Cl. The van der Waals surface area contributed by atoms with Gasteiger partial charge in [0, 0.05) is 43.3 Å². The van der Waals surface area contributed by atoms with Gasteiger partial charge in [-0.25, -0.2) is 0 Å². The molecule has 4 nitrogen and oxygen atoms in total. The van der Waals surface area contributed by atoms with E-state index in [0.717, 1.165) is 29.2 Å². The first-order chi connectivity index (χ1) is 8.24. The molecule has 94 valence electrons. The number of nitrogens with zero attached hydrogens (tertiary/aromatic N) is 4. The maximum atomic E-state index is 6.07. The number of piperazine rings is 1. The Labute approximate surface area is 111 Å². The lowest BCUT2D eigenvalue weighted by atomic mass is 10.1. The van der Waals surface area contributed by atoms with Crippen molar-refractivity contribution in [2.75, 3.05) is 19.6 Å². The maximum Gasteiger partial charge on any atom is 0.138 e. The van der Waals surface area contributed by atoms with Crippen LogP contribution < -0.4 is 0 Å². The number of rotatable bonds is 2. The minimum atomic E-state index is 0.585. The Kier molecular flexibility index (Phi) is 3.34. The van der Waals surface area contributed by atoms with Gasteiger partial charge in [0.1, 0.15) is 10.0 Å². The first kappa shape index (κ1) is 11.8. The highest BCUT2D eigenvalue weighted by Crippen LogP contribution is 2.27. The van der Waals surface area contributed by atoms with Gasteiger partial charge in [-0.15, -0.1) is 5.10 Å². The van der Waals surface area contributed by atoms with E-state index in [1.54, 1.807) is 0 Å². The van der Waals surface area contributed by atoms with Crippen LogP contribution in [-0.4, -0.2) is 51.1 Å². The Morgan fingerprint density at radius 2 is 2.35 bits per heavy atom. The molecule has 1 aromatic rings. The van der Waals surface area contributed by atoms with E-state index in [-0.39, 0.29) is 0 Å². The average Bonchev–Trinajstić information content (AvgIpc) is 2.89. The molecule has 3 heterocycles. The van der Waals surface area contributed by atoms with Gasteiger partial charge in [0.05, 0.1) is 0 Å². The summed E-state index contributed by atoms with van der Waals surface area (Å²) in [5.74, 6) is 0. The molecule has 3 rings (SSSR count). The Hall–Kier alpha value is -0.230. The van der Waals surface area contributed by atoms with Crippen LogP contribution >= 0.6 is 23.1 Å². The van der Waals surface area contributed by atoms with E-state index < -0.39 is 0 Å². The van der Waals surface area contributed by atoms with E-state index in [1.807, 2.05) is 0 Å². The van der Waals surface area contributed by atoms with Crippen molar-refractivity contribution in [3.8, 4) is 0 Å². The highest BCUT2D eigenvalue weighted by Gasteiger charge is 2.34. The standard InChI is InChI=1S/C11H17ClN4S/c1-8-5-15-4-2-3-9(15)6-16(8)7-10-11(12)17-14-13-10/h8-9H,2-7H2,1H3. The van der Waals surface area contributed by atoms with Crippen LogP contribution in [0.15, 0.2) is 0 Å². The molecule has 2 aliphatic rings. The molecular formula is C11H17ClN4S. The van der Waals surface area contributed by atoms with E-state index in [1.165, 1.54) is 37.5 Å². The zero-order chi connectivity index (χ0) is 11.8. The summed E-state index contributed by atoms with van der Waals surface area (Å²) in [6, 6.07) is 1.33. The fourth-order valence-corrected chi connectivity index (χ4v) is 3.56. The molecule has 17 heavy (non-hydrogen) atoms. The van der Waals surface area contributed by atoms with Gasteiger partial charge in [-0.2, -0.15) is 0 Å². The van der Waals surface area contributed by atoms with Gasteiger partial charge in [-0.3, -0.25) is 9.80 Å². The molecule has 2 aliphatic heterocycles. The predicted molar refractivity (Wildman–Crippen MR) is 69.4 cm³/mol. The summed E-state index contributed by atoms with van der Waals surface area (Å²) in [7, 11) is 0. The Bertz CT molecular complexity index is 397. The Morgan fingerprint density at radius 1 is 1.47 bits per heavy atom. The molecular weight excluding hydrogens is 256 g/mol. The van der Waals surface area contributed by atoms with E-state index in [2.05, 4.69) is 26.3 Å². The third-order valence-electron chi connectivity index (χ3n) is 3.93. The van der Waals surface area contributed by atoms with E-state index >= 15 is 0 Å². The smallest absolute Gasteiger partial charge is 0.138 e. The second-order valence-corrected chi connectivity index (χ2v) is 6.42. The number of halogens is 1. The lowest BCUT2D eigenvalue weighted by Crippen LogP contribution is -2.54. The van der Waals surface area contributed by atoms with Gasteiger partial charge >= 0.3 is 0 Å².